The van der Waals surface area contributed by atoms with E-state index in [1.807, 2.05) is 0 Å². The van der Waals surface area contributed by atoms with Gasteiger partial charge >= 0.3 is 0 Å². The summed E-state index contributed by atoms with van der Waals surface area (Å²) < 4.78 is -0.299. The van der Waals surface area contributed by atoms with Crippen molar-refractivity contribution in [3.05, 3.63) is 30.5 Å². The van der Waals surface area contributed by atoms with Gasteiger partial charge in [0.05, 0.1) is 20.1 Å². The molecule has 0 aromatic rings. The van der Waals surface area contributed by atoms with E-state index >= 15 is 0 Å². The summed E-state index contributed by atoms with van der Waals surface area (Å²) in [4.78, 5) is 0. The summed E-state index contributed by atoms with van der Waals surface area (Å²) in [6, 6.07) is 0. The van der Waals surface area contributed by atoms with Gasteiger partial charge < -0.3 is 9.85 Å². The molecule has 0 amide bonds. The summed E-state index contributed by atoms with van der Waals surface area (Å²) >= 11 is 0. The lowest BCUT2D eigenvalue weighted by Crippen LogP contribution is -2.37. The van der Waals surface area contributed by atoms with Crippen molar-refractivity contribution in [3.8, 4) is 0 Å². The van der Waals surface area contributed by atoms with Crippen LogP contribution in [0, 0.1) is 5.21 Å². The lowest BCUT2D eigenvalue weighted by molar-refractivity contribution is -0.848. The number of hydrogen-bond donors (Lipinski definition) is 0. The molecule has 0 aliphatic rings. The minimum atomic E-state index is -0.299. The molecule has 0 fully saturated rings. The predicted octanol–water partition coefficient (Wildman–Crippen LogP) is 1.30. The van der Waals surface area contributed by atoms with Crippen LogP contribution in [0.5, 0.6) is 0 Å². The molecule has 9 heavy (non-hydrogen) atoms. The highest BCUT2D eigenvalue weighted by molar-refractivity contribution is 4.70. The molecular weight excluding hydrogens is 114 g/mol. The number of quaternary nitrogens is 1. The Balaban J connectivity index is 3.68. The van der Waals surface area contributed by atoms with Crippen LogP contribution in [-0.4, -0.2) is 24.8 Å². The molecule has 0 aromatic heterocycles. The van der Waals surface area contributed by atoms with Gasteiger partial charge in [0, 0.05) is 0 Å². The molecule has 0 aliphatic heterocycles. The monoisotopic (exact) mass is 127 g/mol. The van der Waals surface area contributed by atoms with E-state index in [9.17, 15) is 5.21 Å². The number of rotatable bonds is 4. The van der Waals surface area contributed by atoms with Crippen LogP contribution in [0.15, 0.2) is 25.3 Å². The van der Waals surface area contributed by atoms with Gasteiger partial charge in [-0.1, -0.05) is 13.2 Å². The molecule has 0 saturated carbocycles. The van der Waals surface area contributed by atoms with E-state index in [1.165, 1.54) is 0 Å². The van der Waals surface area contributed by atoms with Gasteiger partial charge in [0.1, 0.15) is 0 Å². The highest BCUT2D eigenvalue weighted by atomic mass is 16.5. The second kappa shape index (κ2) is 3.43. The highest BCUT2D eigenvalue weighted by Crippen LogP contribution is 1.97. The van der Waals surface area contributed by atoms with Crippen molar-refractivity contribution in [1.82, 2.24) is 0 Å². The molecule has 2 nitrogen and oxygen atoms in total. The van der Waals surface area contributed by atoms with Crippen molar-refractivity contribution < 1.29 is 4.65 Å². The van der Waals surface area contributed by atoms with Crippen molar-refractivity contribution in [1.29, 1.82) is 0 Å². The van der Waals surface area contributed by atoms with Crippen LogP contribution in [0.3, 0.4) is 0 Å². The maximum absolute atomic E-state index is 11.1. The van der Waals surface area contributed by atoms with Gasteiger partial charge in [0.15, 0.2) is 0 Å². The Bertz CT molecular complexity index is 95.5. The van der Waals surface area contributed by atoms with E-state index in [-0.39, 0.29) is 4.65 Å². The van der Waals surface area contributed by atoms with E-state index < -0.39 is 0 Å². The molecular formula is C7H13NO. The first-order valence-corrected chi connectivity index (χ1v) is 2.90. The van der Waals surface area contributed by atoms with Crippen LogP contribution < -0.4 is 0 Å². The van der Waals surface area contributed by atoms with Crippen LogP contribution in [0.25, 0.3) is 0 Å². The van der Waals surface area contributed by atoms with Gasteiger partial charge in [0.25, 0.3) is 0 Å². The number of likely N-dealkylation sites (N-methyl/N-ethyl adjacent to an activating group) is 1. The molecule has 0 spiro atoms. The Hall–Kier alpha value is -0.600. The first kappa shape index (κ1) is 8.40. The van der Waals surface area contributed by atoms with Crippen LogP contribution in [0.4, 0.5) is 0 Å². The second-order valence-corrected chi connectivity index (χ2v) is 2.24. The van der Waals surface area contributed by atoms with Gasteiger partial charge in [-0.25, -0.2) is 0 Å². The summed E-state index contributed by atoms with van der Waals surface area (Å²) in [5.74, 6) is 0. The van der Waals surface area contributed by atoms with Crippen LogP contribution in [0.1, 0.15) is 0 Å². The molecule has 0 atom stereocenters. The first-order valence-electron chi connectivity index (χ1n) is 2.90. The Morgan fingerprint density at radius 1 is 1.33 bits per heavy atom. The van der Waals surface area contributed by atoms with Gasteiger partial charge in [-0.15, -0.1) is 0 Å². The van der Waals surface area contributed by atoms with E-state index in [4.69, 9.17) is 0 Å². The molecule has 0 aromatic carbocycles. The topological polar surface area (TPSA) is 23.1 Å². The quantitative estimate of drug-likeness (QED) is 0.317. The van der Waals surface area contributed by atoms with Crippen LogP contribution >= 0.6 is 0 Å². The van der Waals surface area contributed by atoms with Gasteiger partial charge in [-0.2, -0.15) is 0 Å². The smallest absolute Gasteiger partial charge is 0.0968 e. The fourth-order valence-corrected chi connectivity index (χ4v) is 0.621. The average Bonchev–Trinajstić information content (AvgIpc) is 1.64. The van der Waals surface area contributed by atoms with Crippen molar-refractivity contribution >= 4 is 0 Å². The third-order valence-electron chi connectivity index (χ3n) is 1.03. The molecule has 0 heterocycles. The molecule has 0 aliphatic carbocycles. The van der Waals surface area contributed by atoms with E-state index in [0.717, 1.165) is 0 Å². The summed E-state index contributed by atoms with van der Waals surface area (Å²) in [6.07, 6.45) is 3.24. The average molecular weight is 127 g/mol. The molecule has 0 rings (SSSR count). The Labute approximate surface area is 56.3 Å². The molecule has 0 bridgehead atoms. The summed E-state index contributed by atoms with van der Waals surface area (Å²) in [5.41, 5.74) is 0. The lowest BCUT2D eigenvalue weighted by atomic mass is 10.5. The summed E-state index contributed by atoms with van der Waals surface area (Å²) in [7, 11) is 1.60. The standard InChI is InChI=1S/C7H13NO/c1-4-6-8(3,9)7-5-2/h4-5H,1-2,6-7H2,3H3. The van der Waals surface area contributed by atoms with E-state index in [1.54, 1.807) is 19.2 Å². The largest absolute Gasteiger partial charge is 0.633 e. The SMILES string of the molecule is C=CC[N+](C)([O-])CC=C. The molecule has 0 saturated heterocycles. The fourth-order valence-electron chi connectivity index (χ4n) is 0.621. The zero-order chi connectivity index (χ0) is 7.33. The number of nitrogens with zero attached hydrogens (tertiary/aromatic N) is 1. The van der Waals surface area contributed by atoms with E-state index in [0.29, 0.717) is 13.1 Å². The number of hydroxylamine groups is 3. The number of hydrogen-bond acceptors (Lipinski definition) is 1. The van der Waals surface area contributed by atoms with E-state index in [2.05, 4.69) is 13.2 Å². The maximum atomic E-state index is 11.1. The van der Waals surface area contributed by atoms with Crippen LogP contribution in [-0.2, 0) is 0 Å². The Morgan fingerprint density at radius 2 is 1.67 bits per heavy atom. The first-order chi connectivity index (χ1) is 4.12. The molecule has 2 heteroatoms. The lowest BCUT2D eigenvalue weighted by Gasteiger charge is -2.36. The molecule has 52 valence electrons. The highest BCUT2D eigenvalue weighted by Gasteiger charge is 2.01. The normalized spacial score (nSPS) is 10.9. The summed E-state index contributed by atoms with van der Waals surface area (Å²) in [5, 5.41) is 11.1. The third-order valence-corrected chi connectivity index (χ3v) is 1.03. The van der Waals surface area contributed by atoms with Crippen molar-refractivity contribution in [3.63, 3.8) is 0 Å². The zero-order valence-corrected chi connectivity index (χ0v) is 5.84. The predicted molar refractivity (Wildman–Crippen MR) is 39.7 cm³/mol. The van der Waals surface area contributed by atoms with Crippen LogP contribution in [0.2, 0.25) is 0 Å². The van der Waals surface area contributed by atoms with Gasteiger partial charge in [-0.05, 0) is 12.2 Å². The minimum absolute atomic E-state index is 0.299. The third kappa shape index (κ3) is 3.94. The van der Waals surface area contributed by atoms with Crippen molar-refractivity contribution in [2.45, 2.75) is 0 Å². The second-order valence-electron chi connectivity index (χ2n) is 2.24. The zero-order valence-electron chi connectivity index (χ0n) is 5.84. The van der Waals surface area contributed by atoms with Gasteiger partial charge in [0.2, 0.25) is 0 Å². The summed E-state index contributed by atoms with van der Waals surface area (Å²) in [6.45, 7) is 7.86. The molecule has 0 N–H and O–H groups in total. The van der Waals surface area contributed by atoms with Gasteiger partial charge in [-0.3, -0.25) is 0 Å². The molecule has 0 radical (unpaired) electrons. The fraction of sp³-hybridized carbons (Fsp3) is 0.429. The van der Waals surface area contributed by atoms with Crippen molar-refractivity contribution in [2.75, 3.05) is 20.1 Å². The Kier molecular flexibility index (Phi) is 3.20. The Morgan fingerprint density at radius 3 is 1.89 bits per heavy atom. The minimum Gasteiger partial charge on any atom is -0.633 e. The molecule has 0 unspecified atom stereocenters. The van der Waals surface area contributed by atoms with Crippen molar-refractivity contribution in [2.24, 2.45) is 0 Å². The maximum Gasteiger partial charge on any atom is 0.0968 e.